The number of nitrogens with one attached hydrogen (secondary N) is 1. The summed E-state index contributed by atoms with van der Waals surface area (Å²) in [5.41, 5.74) is 2.53. The smallest absolute Gasteiger partial charge is 0.0356 e. The summed E-state index contributed by atoms with van der Waals surface area (Å²) in [4.78, 5) is 0. The van der Waals surface area contributed by atoms with Crippen LogP contribution in [0.5, 0.6) is 0 Å². The number of hydrogen-bond donors (Lipinski definition) is 1. The molecule has 0 aliphatic heterocycles. The topological polar surface area (TPSA) is 12.0 Å². The van der Waals surface area contributed by atoms with Crippen molar-refractivity contribution in [1.82, 2.24) is 0 Å². The van der Waals surface area contributed by atoms with Crippen molar-refractivity contribution in [3.8, 4) is 0 Å². The molecule has 1 rings (SSSR count). The van der Waals surface area contributed by atoms with Crippen LogP contribution in [0.2, 0.25) is 0 Å². The predicted molar refractivity (Wildman–Crippen MR) is 76.1 cm³/mol. The lowest BCUT2D eigenvalue weighted by atomic mass is 10.1. The first kappa shape index (κ1) is 13.6. The third-order valence-corrected chi connectivity index (χ3v) is 3.27. The van der Waals surface area contributed by atoms with Gasteiger partial charge in [0.05, 0.1) is 0 Å². The molecule has 1 unspecified atom stereocenters. The van der Waals surface area contributed by atoms with E-state index in [2.05, 4.69) is 60.2 Å². The minimum atomic E-state index is 0.605. The predicted octanol–water partition coefficient (Wildman–Crippen LogP) is 5.14. The highest BCUT2D eigenvalue weighted by atomic mass is 79.9. The van der Waals surface area contributed by atoms with Crippen LogP contribution in [0.4, 0.5) is 5.69 Å². The van der Waals surface area contributed by atoms with Crippen molar-refractivity contribution >= 4 is 21.6 Å². The monoisotopic (exact) mass is 283 g/mol. The van der Waals surface area contributed by atoms with Gasteiger partial charge in [0.15, 0.2) is 0 Å². The van der Waals surface area contributed by atoms with Crippen LogP contribution in [0.15, 0.2) is 22.7 Å². The molecule has 2 heteroatoms. The maximum Gasteiger partial charge on any atom is 0.0356 e. The van der Waals surface area contributed by atoms with E-state index in [1.807, 2.05) is 0 Å². The molecular formula is C14H22BrN. The number of benzene rings is 1. The minimum Gasteiger partial charge on any atom is -0.382 e. The van der Waals surface area contributed by atoms with E-state index in [9.17, 15) is 0 Å². The average Bonchev–Trinajstić information content (AvgIpc) is 2.22. The Kier molecular flexibility index (Phi) is 5.89. The zero-order chi connectivity index (χ0) is 12.0. The fourth-order valence-electron chi connectivity index (χ4n) is 1.88. The van der Waals surface area contributed by atoms with Gasteiger partial charge >= 0.3 is 0 Å². The Morgan fingerprint density at radius 1 is 1.25 bits per heavy atom. The van der Waals surface area contributed by atoms with E-state index in [4.69, 9.17) is 0 Å². The Bertz CT molecular complexity index is 302. The van der Waals surface area contributed by atoms with Crippen molar-refractivity contribution in [3.05, 3.63) is 28.2 Å². The van der Waals surface area contributed by atoms with E-state index >= 15 is 0 Å². The molecule has 0 heterocycles. The molecule has 1 nitrogen and oxygen atoms in total. The molecule has 1 atom stereocenters. The second kappa shape index (κ2) is 6.95. The van der Waals surface area contributed by atoms with Crippen molar-refractivity contribution in [2.24, 2.45) is 0 Å². The van der Waals surface area contributed by atoms with E-state index in [-0.39, 0.29) is 0 Å². The highest BCUT2D eigenvalue weighted by Crippen LogP contribution is 2.21. The van der Waals surface area contributed by atoms with Crippen LogP contribution < -0.4 is 5.32 Å². The van der Waals surface area contributed by atoms with Gasteiger partial charge in [-0.1, -0.05) is 42.6 Å². The first-order valence-corrected chi connectivity index (χ1v) is 6.98. The molecule has 0 aromatic heterocycles. The SMILES string of the molecule is CCCCC(CC)Nc1cc(C)cc(Br)c1. The van der Waals surface area contributed by atoms with Crippen LogP contribution in [-0.4, -0.2) is 6.04 Å². The molecule has 0 aliphatic rings. The zero-order valence-corrected chi connectivity index (χ0v) is 12.1. The number of halogens is 1. The minimum absolute atomic E-state index is 0.605. The van der Waals surface area contributed by atoms with Gasteiger partial charge in [0.2, 0.25) is 0 Å². The highest BCUT2D eigenvalue weighted by Gasteiger charge is 2.05. The molecular weight excluding hydrogens is 262 g/mol. The summed E-state index contributed by atoms with van der Waals surface area (Å²) in [5, 5.41) is 3.62. The molecule has 0 saturated carbocycles. The lowest BCUT2D eigenvalue weighted by Crippen LogP contribution is -2.18. The van der Waals surface area contributed by atoms with Crippen LogP contribution in [-0.2, 0) is 0 Å². The molecule has 0 spiro atoms. The Morgan fingerprint density at radius 3 is 2.56 bits per heavy atom. The molecule has 1 aromatic rings. The summed E-state index contributed by atoms with van der Waals surface area (Å²) in [6.07, 6.45) is 5.03. The molecule has 1 aromatic carbocycles. The third-order valence-electron chi connectivity index (χ3n) is 2.81. The Labute approximate surface area is 108 Å². The number of rotatable bonds is 6. The normalized spacial score (nSPS) is 12.5. The average molecular weight is 284 g/mol. The zero-order valence-electron chi connectivity index (χ0n) is 10.5. The molecule has 0 fully saturated rings. The maximum absolute atomic E-state index is 3.62. The van der Waals surface area contributed by atoms with Crippen LogP contribution in [0.25, 0.3) is 0 Å². The maximum atomic E-state index is 3.62. The summed E-state index contributed by atoms with van der Waals surface area (Å²) in [6, 6.07) is 7.10. The summed E-state index contributed by atoms with van der Waals surface area (Å²) in [6.45, 7) is 6.62. The van der Waals surface area contributed by atoms with Gasteiger partial charge in [-0.15, -0.1) is 0 Å². The second-order valence-corrected chi connectivity index (χ2v) is 5.32. The van der Waals surface area contributed by atoms with Gasteiger partial charge in [-0.2, -0.15) is 0 Å². The number of anilines is 1. The number of unbranched alkanes of at least 4 members (excludes halogenated alkanes) is 1. The lowest BCUT2D eigenvalue weighted by molar-refractivity contribution is 0.593. The molecule has 0 saturated heterocycles. The van der Waals surface area contributed by atoms with Gasteiger partial charge in [-0.05, 0) is 43.5 Å². The summed E-state index contributed by atoms with van der Waals surface area (Å²) < 4.78 is 1.15. The lowest BCUT2D eigenvalue weighted by Gasteiger charge is -2.18. The molecule has 0 bridgehead atoms. The van der Waals surface area contributed by atoms with Crippen molar-refractivity contribution in [1.29, 1.82) is 0 Å². The number of aryl methyl sites for hydroxylation is 1. The van der Waals surface area contributed by atoms with Crippen LogP contribution >= 0.6 is 15.9 Å². The molecule has 0 aliphatic carbocycles. The first-order chi connectivity index (χ1) is 7.65. The molecule has 0 amide bonds. The number of hydrogen-bond acceptors (Lipinski definition) is 1. The Hall–Kier alpha value is -0.500. The van der Waals surface area contributed by atoms with Crippen molar-refractivity contribution in [2.45, 2.75) is 52.5 Å². The summed E-state index contributed by atoms with van der Waals surface area (Å²) >= 11 is 3.54. The first-order valence-electron chi connectivity index (χ1n) is 6.19. The van der Waals surface area contributed by atoms with Gasteiger partial charge in [-0.25, -0.2) is 0 Å². The van der Waals surface area contributed by atoms with Crippen molar-refractivity contribution in [3.63, 3.8) is 0 Å². The van der Waals surface area contributed by atoms with Crippen LogP contribution in [0.1, 0.15) is 45.1 Å². The van der Waals surface area contributed by atoms with E-state index < -0.39 is 0 Å². The summed E-state index contributed by atoms with van der Waals surface area (Å²) in [7, 11) is 0. The van der Waals surface area contributed by atoms with Crippen LogP contribution in [0, 0.1) is 6.92 Å². The van der Waals surface area contributed by atoms with Crippen LogP contribution in [0.3, 0.4) is 0 Å². The van der Waals surface area contributed by atoms with E-state index in [0.717, 1.165) is 4.47 Å². The third kappa shape index (κ3) is 4.56. The second-order valence-electron chi connectivity index (χ2n) is 4.41. The van der Waals surface area contributed by atoms with Gasteiger partial charge < -0.3 is 5.32 Å². The standard InChI is InChI=1S/C14H22BrN/c1-4-6-7-13(5-2)16-14-9-11(3)8-12(15)10-14/h8-10,13,16H,4-7H2,1-3H3. The Morgan fingerprint density at radius 2 is 2.00 bits per heavy atom. The van der Waals surface area contributed by atoms with E-state index in [0.29, 0.717) is 6.04 Å². The summed E-state index contributed by atoms with van der Waals surface area (Å²) in [5.74, 6) is 0. The van der Waals surface area contributed by atoms with Gasteiger partial charge in [0.25, 0.3) is 0 Å². The van der Waals surface area contributed by atoms with Gasteiger partial charge in [0.1, 0.15) is 0 Å². The van der Waals surface area contributed by atoms with Crippen molar-refractivity contribution < 1.29 is 0 Å². The molecule has 0 radical (unpaired) electrons. The van der Waals surface area contributed by atoms with Gasteiger partial charge in [0, 0.05) is 16.2 Å². The fraction of sp³-hybridized carbons (Fsp3) is 0.571. The molecule has 16 heavy (non-hydrogen) atoms. The quantitative estimate of drug-likeness (QED) is 0.762. The Balaban J connectivity index is 2.62. The fourth-order valence-corrected chi connectivity index (χ4v) is 2.49. The van der Waals surface area contributed by atoms with Gasteiger partial charge in [-0.3, -0.25) is 0 Å². The largest absolute Gasteiger partial charge is 0.382 e. The molecule has 1 N–H and O–H groups in total. The van der Waals surface area contributed by atoms with Crippen molar-refractivity contribution in [2.75, 3.05) is 5.32 Å². The highest BCUT2D eigenvalue weighted by molar-refractivity contribution is 9.10. The van der Waals surface area contributed by atoms with E-state index in [1.54, 1.807) is 0 Å². The van der Waals surface area contributed by atoms with E-state index in [1.165, 1.54) is 36.9 Å². The molecule has 90 valence electrons.